The topological polar surface area (TPSA) is 89.3 Å². The number of hydrogen-bond donors (Lipinski definition) is 1. The van der Waals surface area contributed by atoms with Gasteiger partial charge in [0.1, 0.15) is 0 Å². The highest BCUT2D eigenvalue weighted by molar-refractivity contribution is 5.95. The monoisotopic (exact) mass is 459 g/mol. The molecule has 1 aliphatic heterocycles. The minimum atomic E-state index is -4.61. The maximum Gasteiger partial charge on any atom is 0.418 e. The van der Waals surface area contributed by atoms with E-state index in [9.17, 15) is 22.8 Å². The second kappa shape index (κ2) is 9.02. The third-order valence-corrected chi connectivity index (χ3v) is 5.22. The third kappa shape index (κ3) is 4.87. The van der Waals surface area contributed by atoms with E-state index >= 15 is 0 Å². The Morgan fingerprint density at radius 3 is 2.64 bits per heavy atom. The number of pyridine rings is 1. The van der Waals surface area contributed by atoms with Gasteiger partial charge in [0.25, 0.3) is 11.5 Å². The molecule has 1 saturated heterocycles. The highest BCUT2D eigenvalue weighted by Gasteiger charge is 2.35. The molecule has 1 aromatic carbocycles. The summed E-state index contributed by atoms with van der Waals surface area (Å²) in [7, 11) is 1.56. The predicted molar refractivity (Wildman–Crippen MR) is 115 cm³/mol. The normalized spacial score (nSPS) is 16.5. The van der Waals surface area contributed by atoms with Crippen LogP contribution in [0, 0.1) is 0 Å². The van der Waals surface area contributed by atoms with E-state index in [4.69, 9.17) is 4.74 Å². The van der Waals surface area contributed by atoms with Gasteiger partial charge in [-0.1, -0.05) is 12.1 Å². The Morgan fingerprint density at radius 2 is 1.91 bits per heavy atom. The number of halogens is 3. The highest BCUT2D eigenvalue weighted by Crippen LogP contribution is 2.34. The van der Waals surface area contributed by atoms with Crippen LogP contribution in [0.15, 0.2) is 59.7 Å². The molecule has 0 bridgehead atoms. The van der Waals surface area contributed by atoms with E-state index in [1.54, 1.807) is 36.5 Å². The molecule has 8 nitrogen and oxygen atoms in total. The lowest BCUT2D eigenvalue weighted by molar-refractivity contribution is -0.137. The van der Waals surface area contributed by atoms with Crippen molar-refractivity contribution < 1.29 is 22.7 Å². The first-order chi connectivity index (χ1) is 15.7. The second-order valence-corrected chi connectivity index (χ2v) is 7.41. The highest BCUT2D eigenvalue weighted by atomic mass is 19.4. The minimum Gasteiger partial charge on any atom is -0.365 e. The van der Waals surface area contributed by atoms with Crippen LogP contribution in [-0.2, 0) is 22.8 Å². The van der Waals surface area contributed by atoms with E-state index in [1.165, 1.54) is 28.8 Å². The smallest absolute Gasteiger partial charge is 0.365 e. The first-order valence-corrected chi connectivity index (χ1v) is 10.1. The third-order valence-electron chi connectivity index (χ3n) is 5.22. The van der Waals surface area contributed by atoms with Crippen molar-refractivity contribution >= 4 is 17.5 Å². The Bertz CT molecular complexity index is 1210. The molecule has 1 amide bonds. The first kappa shape index (κ1) is 22.5. The van der Waals surface area contributed by atoms with Gasteiger partial charge in [0.05, 0.1) is 30.1 Å². The van der Waals surface area contributed by atoms with Gasteiger partial charge in [-0.3, -0.25) is 19.1 Å². The summed E-state index contributed by atoms with van der Waals surface area (Å²) in [4.78, 5) is 35.5. The van der Waals surface area contributed by atoms with E-state index in [1.807, 2.05) is 0 Å². The molecule has 1 N–H and O–H groups in total. The number of ether oxygens (including phenoxy) is 1. The molecule has 2 aromatic heterocycles. The average Bonchev–Trinajstić information content (AvgIpc) is 2.81. The standard InChI is InChI=1S/C22H20F3N5O3/c1-29-19(31)12-17(14-6-8-26-9-7-14)28-21(29)30-10-11-33-18(13-30)20(32)27-16-5-3-2-4-15(16)22(23,24)25/h2-9,12,18H,10-11,13H2,1H3,(H,27,32). The summed E-state index contributed by atoms with van der Waals surface area (Å²) in [6.45, 7) is 0.497. The van der Waals surface area contributed by atoms with Crippen molar-refractivity contribution in [3.63, 3.8) is 0 Å². The maximum atomic E-state index is 13.2. The van der Waals surface area contributed by atoms with Crippen molar-refractivity contribution in [2.24, 2.45) is 7.05 Å². The van der Waals surface area contributed by atoms with Crippen molar-refractivity contribution in [1.29, 1.82) is 0 Å². The van der Waals surface area contributed by atoms with Crippen molar-refractivity contribution in [3.05, 3.63) is 70.8 Å². The number of hydrogen-bond acceptors (Lipinski definition) is 6. The van der Waals surface area contributed by atoms with Crippen LogP contribution in [0.5, 0.6) is 0 Å². The molecule has 33 heavy (non-hydrogen) atoms. The average molecular weight is 459 g/mol. The lowest BCUT2D eigenvalue weighted by atomic mass is 10.1. The van der Waals surface area contributed by atoms with Gasteiger partial charge in [-0.2, -0.15) is 13.2 Å². The van der Waals surface area contributed by atoms with Crippen molar-refractivity contribution in [2.75, 3.05) is 29.9 Å². The maximum absolute atomic E-state index is 13.2. The molecule has 0 spiro atoms. The van der Waals surface area contributed by atoms with Gasteiger partial charge in [0.15, 0.2) is 6.10 Å². The summed E-state index contributed by atoms with van der Waals surface area (Å²) in [6.07, 6.45) is -2.50. The molecule has 172 valence electrons. The van der Waals surface area contributed by atoms with Crippen LogP contribution in [0.1, 0.15) is 5.56 Å². The molecule has 11 heteroatoms. The lowest BCUT2D eigenvalue weighted by Crippen LogP contribution is -2.49. The molecule has 4 rings (SSSR count). The molecule has 0 radical (unpaired) electrons. The van der Waals surface area contributed by atoms with Crippen LogP contribution < -0.4 is 15.8 Å². The summed E-state index contributed by atoms with van der Waals surface area (Å²) in [5.41, 5.74) is -0.433. The number of nitrogens with one attached hydrogen (secondary N) is 1. The van der Waals surface area contributed by atoms with Crippen LogP contribution >= 0.6 is 0 Å². The minimum absolute atomic E-state index is 0.0140. The number of morpholine rings is 1. The van der Waals surface area contributed by atoms with Gasteiger partial charge in [-0.15, -0.1) is 0 Å². The van der Waals surface area contributed by atoms with E-state index < -0.39 is 23.8 Å². The van der Waals surface area contributed by atoms with E-state index in [-0.39, 0.29) is 24.4 Å². The zero-order valence-electron chi connectivity index (χ0n) is 17.5. The fraction of sp³-hybridized carbons (Fsp3) is 0.273. The number of carbonyl (C=O) groups is 1. The number of para-hydroxylation sites is 1. The molecule has 1 atom stereocenters. The van der Waals surface area contributed by atoms with Gasteiger partial charge in [-0.05, 0) is 24.3 Å². The van der Waals surface area contributed by atoms with Gasteiger partial charge in [-0.25, -0.2) is 4.98 Å². The van der Waals surface area contributed by atoms with Crippen LogP contribution in [0.4, 0.5) is 24.8 Å². The van der Waals surface area contributed by atoms with Crippen LogP contribution in [0.3, 0.4) is 0 Å². The Hall–Kier alpha value is -3.73. The van der Waals surface area contributed by atoms with Gasteiger partial charge >= 0.3 is 6.18 Å². The number of benzene rings is 1. The largest absolute Gasteiger partial charge is 0.418 e. The zero-order valence-corrected chi connectivity index (χ0v) is 17.5. The van der Waals surface area contributed by atoms with E-state index in [2.05, 4.69) is 15.3 Å². The van der Waals surface area contributed by atoms with Crippen molar-refractivity contribution in [2.45, 2.75) is 12.3 Å². The number of amides is 1. The second-order valence-electron chi connectivity index (χ2n) is 7.41. The van der Waals surface area contributed by atoms with Gasteiger partial charge in [0.2, 0.25) is 5.95 Å². The Balaban J connectivity index is 1.57. The molecule has 0 saturated carbocycles. The van der Waals surface area contributed by atoms with Crippen LogP contribution in [0.2, 0.25) is 0 Å². The number of carbonyl (C=O) groups excluding carboxylic acids is 1. The summed E-state index contributed by atoms with van der Waals surface area (Å²) in [5.74, 6) is -0.391. The van der Waals surface area contributed by atoms with Crippen molar-refractivity contribution in [1.82, 2.24) is 14.5 Å². The summed E-state index contributed by atoms with van der Waals surface area (Å²) < 4.78 is 46.6. The number of alkyl halides is 3. The van der Waals surface area contributed by atoms with Crippen LogP contribution in [0.25, 0.3) is 11.3 Å². The van der Waals surface area contributed by atoms with E-state index in [0.717, 1.165) is 6.07 Å². The molecular formula is C22H20F3N5O3. The molecule has 1 unspecified atom stereocenters. The molecule has 3 aromatic rings. The first-order valence-electron chi connectivity index (χ1n) is 10.1. The molecule has 1 fully saturated rings. The lowest BCUT2D eigenvalue weighted by Gasteiger charge is -2.33. The zero-order chi connectivity index (χ0) is 23.6. The summed E-state index contributed by atoms with van der Waals surface area (Å²) >= 11 is 0. The summed E-state index contributed by atoms with van der Waals surface area (Å²) in [6, 6.07) is 9.58. The fourth-order valence-electron chi connectivity index (χ4n) is 3.52. The predicted octanol–water partition coefficient (Wildman–Crippen LogP) is 2.71. The quantitative estimate of drug-likeness (QED) is 0.646. The Kier molecular flexibility index (Phi) is 6.14. The van der Waals surface area contributed by atoms with Crippen LogP contribution in [-0.4, -0.2) is 46.2 Å². The fourth-order valence-corrected chi connectivity index (χ4v) is 3.52. The Morgan fingerprint density at radius 1 is 1.18 bits per heavy atom. The number of nitrogens with zero attached hydrogens (tertiary/aromatic N) is 4. The molecular weight excluding hydrogens is 439 g/mol. The number of anilines is 2. The summed E-state index contributed by atoms with van der Waals surface area (Å²) in [5, 5.41) is 2.32. The van der Waals surface area contributed by atoms with E-state index in [0.29, 0.717) is 23.8 Å². The number of aromatic nitrogens is 3. The molecule has 3 heterocycles. The number of rotatable bonds is 4. The van der Waals surface area contributed by atoms with Gasteiger partial charge < -0.3 is 15.0 Å². The Labute approximate surface area is 186 Å². The molecule has 0 aliphatic carbocycles. The SMILES string of the molecule is Cn1c(N2CCOC(C(=O)Nc3ccccc3C(F)(F)F)C2)nc(-c2ccncc2)cc1=O. The molecule has 1 aliphatic rings. The van der Waals surface area contributed by atoms with Crippen molar-refractivity contribution in [3.8, 4) is 11.3 Å². The van der Waals surface area contributed by atoms with Gasteiger partial charge in [0, 0.05) is 37.6 Å².